The largest absolute Gasteiger partial charge is 0.318 e. The summed E-state index contributed by atoms with van der Waals surface area (Å²) in [5, 5.41) is 5.23. The first-order valence-corrected chi connectivity index (χ1v) is 7.37. The lowest BCUT2D eigenvalue weighted by Crippen LogP contribution is -2.48. The molecule has 0 aromatic carbocycles. The van der Waals surface area contributed by atoms with Crippen LogP contribution in [0.15, 0.2) is 29.9 Å². The fraction of sp³-hybridized carbons (Fsp3) is 0.357. The monoisotopic (exact) mass is 326 g/mol. The summed E-state index contributed by atoms with van der Waals surface area (Å²) in [6.45, 7) is 3.74. The lowest BCUT2D eigenvalue weighted by molar-refractivity contribution is -0.120. The number of hydrogen-bond acceptors (Lipinski definition) is 5. The molecule has 21 heavy (non-hydrogen) atoms. The molecule has 0 bridgehead atoms. The lowest BCUT2D eigenvalue weighted by Gasteiger charge is -2.21. The molecule has 1 unspecified atom stereocenters. The number of nitrogens with two attached hydrogens (primary N) is 1. The van der Waals surface area contributed by atoms with Gasteiger partial charge in [0.2, 0.25) is 5.91 Å². The highest BCUT2D eigenvalue weighted by molar-refractivity contribution is 7.14. The zero-order chi connectivity index (χ0) is 14.6. The van der Waals surface area contributed by atoms with E-state index >= 15 is 0 Å². The van der Waals surface area contributed by atoms with E-state index in [-0.39, 0.29) is 18.3 Å². The predicted molar refractivity (Wildman–Crippen MR) is 88.7 cm³/mol. The standard InChI is InChI=1S/C14H18N4OS.ClH/c1-3-6-14(2,15)12(19)18-13-17-11(9-20-13)10-5-4-7-16-8-10;/h4-5,7-9H,3,6,15H2,1-2H3,(H,17,18,19);1H. The number of hydrogen-bond donors (Lipinski definition) is 2. The maximum absolute atomic E-state index is 12.1. The van der Waals surface area contributed by atoms with Gasteiger partial charge in [0.1, 0.15) is 0 Å². The van der Waals surface area contributed by atoms with Crippen LogP contribution in [0.4, 0.5) is 5.13 Å². The molecule has 0 aliphatic carbocycles. The molecule has 2 rings (SSSR count). The van der Waals surface area contributed by atoms with Crippen molar-refractivity contribution < 1.29 is 4.79 Å². The van der Waals surface area contributed by atoms with Crippen LogP contribution in [0.2, 0.25) is 0 Å². The number of thiazole rings is 1. The number of amides is 1. The molecule has 2 aromatic rings. The zero-order valence-corrected chi connectivity index (χ0v) is 13.6. The molecule has 1 amide bonds. The molecule has 0 aliphatic rings. The summed E-state index contributed by atoms with van der Waals surface area (Å²) >= 11 is 1.38. The third-order valence-electron chi connectivity index (χ3n) is 2.97. The number of nitrogens with one attached hydrogen (secondary N) is 1. The van der Waals surface area contributed by atoms with Gasteiger partial charge in [-0.15, -0.1) is 23.7 Å². The van der Waals surface area contributed by atoms with E-state index in [4.69, 9.17) is 5.73 Å². The van der Waals surface area contributed by atoms with Crippen molar-refractivity contribution in [3.8, 4) is 11.3 Å². The zero-order valence-electron chi connectivity index (χ0n) is 12.0. The van der Waals surface area contributed by atoms with E-state index in [1.807, 2.05) is 24.4 Å². The summed E-state index contributed by atoms with van der Waals surface area (Å²) in [6, 6.07) is 3.78. The van der Waals surface area contributed by atoms with E-state index < -0.39 is 5.54 Å². The van der Waals surface area contributed by atoms with Crippen LogP contribution in [-0.4, -0.2) is 21.4 Å². The Morgan fingerprint density at radius 2 is 2.29 bits per heavy atom. The van der Waals surface area contributed by atoms with Gasteiger partial charge in [0.05, 0.1) is 11.2 Å². The number of carbonyl (C=O) groups excluding carboxylic acids is 1. The summed E-state index contributed by atoms with van der Waals surface area (Å²) in [7, 11) is 0. The smallest absolute Gasteiger partial charge is 0.245 e. The van der Waals surface area contributed by atoms with Crippen LogP contribution < -0.4 is 11.1 Å². The minimum absolute atomic E-state index is 0. The Balaban J connectivity index is 0.00000220. The minimum Gasteiger partial charge on any atom is -0.318 e. The molecule has 0 radical (unpaired) electrons. The Labute approximate surface area is 134 Å². The van der Waals surface area contributed by atoms with Gasteiger partial charge in [-0.05, 0) is 25.5 Å². The van der Waals surface area contributed by atoms with Gasteiger partial charge >= 0.3 is 0 Å². The Hall–Kier alpha value is -1.50. The summed E-state index contributed by atoms with van der Waals surface area (Å²) in [5.74, 6) is -0.202. The molecular formula is C14H19ClN4OS. The number of nitrogens with zero attached hydrogens (tertiary/aromatic N) is 2. The van der Waals surface area contributed by atoms with E-state index in [2.05, 4.69) is 15.3 Å². The molecule has 0 saturated carbocycles. The highest BCUT2D eigenvalue weighted by Crippen LogP contribution is 2.24. The van der Waals surface area contributed by atoms with Crippen molar-refractivity contribution in [2.75, 3.05) is 5.32 Å². The highest BCUT2D eigenvalue weighted by atomic mass is 35.5. The van der Waals surface area contributed by atoms with E-state index in [9.17, 15) is 4.79 Å². The molecule has 114 valence electrons. The van der Waals surface area contributed by atoms with Crippen molar-refractivity contribution in [2.45, 2.75) is 32.2 Å². The Morgan fingerprint density at radius 3 is 2.90 bits per heavy atom. The van der Waals surface area contributed by atoms with Crippen molar-refractivity contribution >= 4 is 34.8 Å². The molecule has 3 N–H and O–H groups in total. The molecule has 0 fully saturated rings. The van der Waals surface area contributed by atoms with Gasteiger partial charge in [0, 0.05) is 23.3 Å². The first-order valence-electron chi connectivity index (χ1n) is 6.49. The van der Waals surface area contributed by atoms with E-state index in [1.165, 1.54) is 11.3 Å². The average molecular weight is 327 g/mol. The van der Waals surface area contributed by atoms with Crippen molar-refractivity contribution in [2.24, 2.45) is 5.73 Å². The van der Waals surface area contributed by atoms with Gasteiger partial charge in [0.15, 0.2) is 5.13 Å². The van der Waals surface area contributed by atoms with Gasteiger partial charge < -0.3 is 11.1 Å². The van der Waals surface area contributed by atoms with E-state index in [1.54, 1.807) is 19.3 Å². The van der Waals surface area contributed by atoms with Crippen LogP contribution in [-0.2, 0) is 4.79 Å². The number of carbonyl (C=O) groups is 1. The number of pyridine rings is 1. The number of aromatic nitrogens is 2. The maximum Gasteiger partial charge on any atom is 0.245 e. The molecular weight excluding hydrogens is 308 g/mol. The van der Waals surface area contributed by atoms with Gasteiger partial charge in [-0.25, -0.2) is 4.98 Å². The molecule has 1 atom stereocenters. The maximum atomic E-state index is 12.1. The van der Waals surface area contributed by atoms with Crippen molar-refractivity contribution in [1.82, 2.24) is 9.97 Å². The molecule has 0 saturated heterocycles. The second-order valence-corrected chi connectivity index (χ2v) is 5.76. The summed E-state index contributed by atoms with van der Waals surface area (Å²) in [6.07, 6.45) is 4.95. The van der Waals surface area contributed by atoms with Crippen LogP contribution in [0.1, 0.15) is 26.7 Å². The molecule has 2 heterocycles. The van der Waals surface area contributed by atoms with Crippen LogP contribution in [0, 0.1) is 0 Å². The Kier molecular flexibility index (Phi) is 6.26. The van der Waals surface area contributed by atoms with Gasteiger partial charge in [-0.2, -0.15) is 0 Å². The first kappa shape index (κ1) is 17.6. The molecule has 5 nitrogen and oxygen atoms in total. The second kappa shape index (κ2) is 7.49. The quantitative estimate of drug-likeness (QED) is 0.884. The Bertz CT molecular complexity index is 586. The van der Waals surface area contributed by atoms with Crippen LogP contribution >= 0.6 is 23.7 Å². The summed E-state index contributed by atoms with van der Waals surface area (Å²) in [4.78, 5) is 20.5. The fourth-order valence-electron chi connectivity index (χ4n) is 1.85. The third kappa shape index (κ3) is 4.49. The molecule has 0 spiro atoms. The topological polar surface area (TPSA) is 80.9 Å². The lowest BCUT2D eigenvalue weighted by atomic mass is 9.97. The normalized spacial score (nSPS) is 13.1. The van der Waals surface area contributed by atoms with Crippen molar-refractivity contribution in [1.29, 1.82) is 0 Å². The van der Waals surface area contributed by atoms with Crippen molar-refractivity contribution in [3.05, 3.63) is 29.9 Å². The van der Waals surface area contributed by atoms with Crippen molar-refractivity contribution in [3.63, 3.8) is 0 Å². The highest BCUT2D eigenvalue weighted by Gasteiger charge is 2.27. The third-order valence-corrected chi connectivity index (χ3v) is 3.73. The van der Waals surface area contributed by atoms with Crippen LogP contribution in [0.3, 0.4) is 0 Å². The Morgan fingerprint density at radius 1 is 1.52 bits per heavy atom. The molecule has 0 aliphatic heterocycles. The van der Waals surface area contributed by atoms with E-state index in [0.29, 0.717) is 11.6 Å². The predicted octanol–water partition coefficient (Wildman–Crippen LogP) is 3.08. The van der Waals surface area contributed by atoms with Gasteiger partial charge in [-0.3, -0.25) is 9.78 Å². The number of rotatable bonds is 5. The first-order chi connectivity index (χ1) is 9.53. The molecule has 7 heteroatoms. The van der Waals surface area contributed by atoms with Gasteiger partial charge in [-0.1, -0.05) is 13.3 Å². The number of halogens is 1. The fourth-order valence-corrected chi connectivity index (χ4v) is 2.57. The molecule has 2 aromatic heterocycles. The van der Waals surface area contributed by atoms with Crippen LogP contribution in [0.25, 0.3) is 11.3 Å². The second-order valence-electron chi connectivity index (χ2n) is 4.90. The van der Waals surface area contributed by atoms with Gasteiger partial charge in [0.25, 0.3) is 0 Å². The summed E-state index contributed by atoms with van der Waals surface area (Å²) in [5.41, 5.74) is 6.85. The van der Waals surface area contributed by atoms with Crippen LogP contribution in [0.5, 0.6) is 0 Å². The minimum atomic E-state index is -0.866. The average Bonchev–Trinajstić information content (AvgIpc) is 2.88. The number of anilines is 1. The SMILES string of the molecule is CCCC(C)(N)C(=O)Nc1nc(-c2cccnc2)cs1.Cl. The summed E-state index contributed by atoms with van der Waals surface area (Å²) < 4.78 is 0. The van der Waals surface area contributed by atoms with E-state index in [0.717, 1.165) is 17.7 Å².